The molecule has 1 atom stereocenters. The number of hydrogen-bond donors (Lipinski definition) is 2. The van der Waals surface area contributed by atoms with Crippen molar-refractivity contribution in [3.8, 4) is 0 Å². The van der Waals surface area contributed by atoms with Crippen molar-refractivity contribution in [3.05, 3.63) is 36.0 Å². The quantitative estimate of drug-likeness (QED) is 0.884. The summed E-state index contributed by atoms with van der Waals surface area (Å²) in [6.07, 6.45) is 1.57. The van der Waals surface area contributed by atoms with Gasteiger partial charge >= 0.3 is 0 Å². The van der Waals surface area contributed by atoms with Gasteiger partial charge < -0.3 is 11.1 Å². The number of nitrogens with zero attached hydrogens (tertiary/aromatic N) is 1. The first-order chi connectivity index (χ1) is 9.11. The highest BCUT2D eigenvalue weighted by Gasteiger charge is 2.13. The normalized spacial score (nSPS) is 12.4. The summed E-state index contributed by atoms with van der Waals surface area (Å²) in [5.41, 5.74) is 8.27. The molecular weight excluding hydrogens is 238 g/mol. The van der Waals surface area contributed by atoms with Crippen LogP contribution in [0.5, 0.6) is 0 Å². The number of benzene rings is 1. The van der Waals surface area contributed by atoms with Gasteiger partial charge in [-0.1, -0.05) is 31.5 Å². The van der Waals surface area contributed by atoms with Crippen LogP contribution in [0.3, 0.4) is 0 Å². The number of anilines is 1. The van der Waals surface area contributed by atoms with Crippen LogP contribution in [0.1, 0.15) is 25.5 Å². The number of hydrogen-bond acceptors (Lipinski definition) is 3. The maximum atomic E-state index is 12.0. The molecule has 2 rings (SSSR count). The standard InChI is InChI=1S/C15H19N3O/c1-3-5-12(16)15(19)18-13-7-4-6-11-9-8-10(2)17-14(11)13/h4,6-9,12H,3,5,16H2,1-2H3,(H,18,19)/t12-/m1/s1. The van der Waals surface area contributed by atoms with Gasteiger partial charge in [-0.3, -0.25) is 9.78 Å². The lowest BCUT2D eigenvalue weighted by Crippen LogP contribution is -2.35. The van der Waals surface area contributed by atoms with Crippen molar-refractivity contribution in [3.63, 3.8) is 0 Å². The monoisotopic (exact) mass is 257 g/mol. The van der Waals surface area contributed by atoms with Crippen molar-refractivity contribution in [2.75, 3.05) is 5.32 Å². The van der Waals surface area contributed by atoms with Gasteiger partial charge in [-0.25, -0.2) is 0 Å². The zero-order valence-corrected chi connectivity index (χ0v) is 11.3. The molecule has 3 N–H and O–H groups in total. The van der Waals surface area contributed by atoms with E-state index in [0.29, 0.717) is 6.42 Å². The first-order valence-corrected chi connectivity index (χ1v) is 6.54. The smallest absolute Gasteiger partial charge is 0.241 e. The summed E-state index contributed by atoms with van der Waals surface area (Å²) >= 11 is 0. The van der Waals surface area contributed by atoms with E-state index in [1.54, 1.807) is 0 Å². The number of rotatable bonds is 4. The number of pyridine rings is 1. The van der Waals surface area contributed by atoms with E-state index in [1.165, 1.54) is 0 Å². The molecule has 1 amide bonds. The number of carbonyl (C=O) groups is 1. The largest absolute Gasteiger partial charge is 0.323 e. The molecular formula is C15H19N3O. The van der Waals surface area contributed by atoms with Crippen LogP contribution in [0.2, 0.25) is 0 Å². The zero-order chi connectivity index (χ0) is 13.8. The fourth-order valence-corrected chi connectivity index (χ4v) is 2.01. The van der Waals surface area contributed by atoms with Crippen LogP contribution in [0.25, 0.3) is 10.9 Å². The molecule has 0 saturated heterocycles. The Morgan fingerprint density at radius 2 is 2.16 bits per heavy atom. The van der Waals surface area contributed by atoms with Crippen LogP contribution in [0, 0.1) is 6.92 Å². The van der Waals surface area contributed by atoms with Gasteiger partial charge in [0.25, 0.3) is 0 Å². The van der Waals surface area contributed by atoms with E-state index in [-0.39, 0.29) is 5.91 Å². The minimum Gasteiger partial charge on any atom is -0.323 e. The van der Waals surface area contributed by atoms with Crippen molar-refractivity contribution in [2.24, 2.45) is 5.73 Å². The van der Waals surface area contributed by atoms with E-state index < -0.39 is 6.04 Å². The van der Waals surface area contributed by atoms with Gasteiger partial charge in [-0.05, 0) is 25.5 Å². The van der Waals surface area contributed by atoms with Crippen LogP contribution >= 0.6 is 0 Å². The van der Waals surface area contributed by atoms with Crippen LogP contribution < -0.4 is 11.1 Å². The van der Waals surface area contributed by atoms with Crippen LogP contribution in [0.4, 0.5) is 5.69 Å². The number of carbonyl (C=O) groups excluding carboxylic acids is 1. The van der Waals surface area contributed by atoms with Gasteiger partial charge in [0.1, 0.15) is 0 Å². The van der Waals surface area contributed by atoms with Crippen molar-refractivity contribution in [1.82, 2.24) is 4.98 Å². The lowest BCUT2D eigenvalue weighted by Gasteiger charge is -2.12. The Labute approximate surface area is 113 Å². The zero-order valence-electron chi connectivity index (χ0n) is 11.3. The average molecular weight is 257 g/mol. The predicted molar refractivity (Wildman–Crippen MR) is 78.0 cm³/mol. The molecule has 4 heteroatoms. The number of nitrogens with two attached hydrogens (primary N) is 1. The predicted octanol–water partition coefficient (Wildman–Crippen LogP) is 2.61. The summed E-state index contributed by atoms with van der Waals surface area (Å²) in [5, 5.41) is 3.88. The second kappa shape index (κ2) is 5.80. The summed E-state index contributed by atoms with van der Waals surface area (Å²) in [7, 11) is 0. The van der Waals surface area contributed by atoms with Crippen molar-refractivity contribution in [2.45, 2.75) is 32.7 Å². The summed E-state index contributed by atoms with van der Waals surface area (Å²) in [5.74, 6) is -0.155. The summed E-state index contributed by atoms with van der Waals surface area (Å²) in [6.45, 7) is 3.94. The number of fused-ring (bicyclic) bond motifs is 1. The summed E-state index contributed by atoms with van der Waals surface area (Å²) in [4.78, 5) is 16.4. The molecule has 1 aromatic carbocycles. The van der Waals surface area contributed by atoms with Gasteiger partial charge in [0.15, 0.2) is 0 Å². The molecule has 1 heterocycles. The molecule has 19 heavy (non-hydrogen) atoms. The molecule has 0 aliphatic carbocycles. The second-order valence-electron chi connectivity index (χ2n) is 4.71. The number of para-hydroxylation sites is 1. The van der Waals surface area contributed by atoms with Crippen LogP contribution in [-0.2, 0) is 4.79 Å². The van der Waals surface area contributed by atoms with Gasteiger partial charge in [-0.15, -0.1) is 0 Å². The molecule has 0 aliphatic heterocycles. The maximum Gasteiger partial charge on any atom is 0.241 e. The van der Waals surface area contributed by atoms with E-state index in [2.05, 4.69) is 10.3 Å². The first-order valence-electron chi connectivity index (χ1n) is 6.54. The van der Waals surface area contributed by atoms with Crippen molar-refractivity contribution >= 4 is 22.5 Å². The molecule has 0 bridgehead atoms. The highest BCUT2D eigenvalue weighted by Crippen LogP contribution is 2.21. The van der Waals surface area contributed by atoms with E-state index in [9.17, 15) is 4.79 Å². The van der Waals surface area contributed by atoms with Crippen molar-refractivity contribution < 1.29 is 4.79 Å². The molecule has 0 fully saturated rings. The van der Waals surface area contributed by atoms with Gasteiger partial charge in [0.2, 0.25) is 5.91 Å². The first kappa shape index (κ1) is 13.5. The number of amides is 1. The Morgan fingerprint density at radius 1 is 1.37 bits per heavy atom. The molecule has 2 aromatic rings. The number of aryl methyl sites for hydroxylation is 1. The minimum atomic E-state index is -0.468. The Morgan fingerprint density at radius 3 is 2.89 bits per heavy atom. The molecule has 4 nitrogen and oxygen atoms in total. The summed E-state index contributed by atoms with van der Waals surface area (Å²) < 4.78 is 0. The average Bonchev–Trinajstić information content (AvgIpc) is 2.39. The lowest BCUT2D eigenvalue weighted by atomic mass is 10.1. The van der Waals surface area contributed by atoms with E-state index in [4.69, 9.17) is 5.73 Å². The Bertz CT molecular complexity index is 595. The number of aromatic nitrogens is 1. The van der Waals surface area contributed by atoms with Crippen LogP contribution in [0.15, 0.2) is 30.3 Å². The topological polar surface area (TPSA) is 68.0 Å². The molecule has 1 aromatic heterocycles. The highest BCUT2D eigenvalue weighted by molar-refractivity contribution is 6.02. The highest BCUT2D eigenvalue weighted by atomic mass is 16.2. The maximum absolute atomic E-state index is 12.0. The third-order valence-corrected chi connectivity index (χ3v) is 3.05. The third kappa shape index (κ3) is 3.09. The van der Waals surface area contributed by atoms with Gasteiger partial charge in [-0.2, -0.15) is 0 Å². The van der Waals surface area contributed by atoms with E-state index in [1.807, 2.05) is 44.2 Å². The van der Waals surface area contributed by atoms with Gasteiger partial charge in [0, 0.05) is 11.1 Å². The van der Waals surface area contributed by atoms with E-state index in [0.717, 1.165) is 28.7 Å². The molecule has 0 unspecified atom stereocenters. The third-order valence-electron chi connectivity index (χ3n) is 3.05. The second-order valence-corrected chi connectivity index (χ2v) is 4.71. The molecule has 100 valence electrons. The number of nitrogens with one attached hydrogen (secondary N) is 1. The molecule has 0 radical (unpaired) electrons. The summed E-state index contributed by atoms with van der Waals surface area (Å²) in [6, 6.07) is 9.22. The Kier molecular flexibility index (Phi) is 4.12. The minimum absolute atomic E-state index is 0.155. The SMILES string of the molecule is CCC[C@@H](N)C(=O)Nc1cccc2ccc(C)nc12. The lowest BCUT2D eigenvalue weighted by molar-refractivity contribution is -0.117. The van der Waals surface area contributed by atoms with E-state index >= 15 is 0 Å². The molecule has 0 spiro atoms. The van der Waals surface area contributed by atoms with Gasteiger partial charge in [0.05, 0.1) is 17.2 Å². The Balaban J connectivity index is 2.30. The Hall–Kier alpha value is -1.94. The van der Waals surface area contributed by atoms with Crippen LogP contribution in [-0.4, -0.2) is 16.9 Å². The molecule has 0 saturated carbocycles. The fraction of sp³-hybridized carbons (Fsp3) is 0.333. The van der Waals surface area contributed by atoms with Crippen molar-refractivity contribution in [1.29, 1.82) is 0 Å². The molecule has 0 aliphatic rings. The fourth-order valence-electron chi connectivity index (χ4n) is 2.01.